The first-order valence-corrected chi connectivity index (χ1v) is 8.08. The van der Waals surface area contributed by atoms with Gasteiger partial charge in [0.1, 0.15) is 5.75 Å². The molecular formula is C17H19N3O4S. The molecule has 0 aliphatic rings. The summed E-state index contributed by atoms with van der Waals surface area (Å²) in [6.45, 7) is 1.91. The van der Waals surface area contributed by atoms with Crippen LogP contribution in [-0.4, -0.2) is 24.0 Å². The number of amides is 2. The van der Waals surface area contributed by atoms with Crippen molar-refractivity contribution >= 4 is 40.5 Å². The third-order valence-corrected chi connectivity index (χ3v) is 3.38. The first kappa shape index (κ1) is 18.5. The average Bonchev–Trinajstić information content (AvgIpc) is 3.09. The smallest absolute Gasteiger partial charge is 0.291 e. The standard InChI is InChI=1S/C17H19N3O4S/c1-3-5-15(21)20-17(25)19-12-10-11(7-8-13(12)23-2)18-16(22)14-6-4-9-24-14/h4,6-10H,3,5H2,1-2H3,(H,18,22)(H2,19,20,21,25). The summed E-state index contributed by atoms with van der Waals surface area (Å²) in [5.41, 5.74) is 1.04. The Hall–Kier alpha value is -2.87. The minimum atomic E-state index is -0.375. The van der Waals surface area contributed by atoms with Gasteiger partial charge >= 0.3 is 0 Å². The summed E-state index contributed by atoms with van der Waals surface area (Å²) in [4.78, 5) is 23.6. The Morgan fingerprint density at radius 2 is 2.04 bits per heavy atom. The second-order valence-electron chi connectivity index (χ2n) is 5.10. The minimum Gasteiger partial charge on any atom is -0.495 e. The highest BCUT2D eigenvalue weighted by Crippen LogP contribution is 2.28. The van der Waals surface area contributed by atoms with Gasteiger partial charge in [0.05, 0.1) is 19.1 Å². The summed E-state index contributed by atoms with van der Waals surface area (Å²) in [6.07, 6.45) is 2.54. The zero-order chi connectivity index (χ0) is 18.2. The highest BCUT2D eigenvalue weighted by molar-refractivity contribution is 7.80. The van der Waals surface area contributed by atoms with Gasteiger partial charge in [0.25, 0.3) is 5.91 Å². The molecule has 132 valence electrons. The molecule has 0 radical (unpaired) electrons. The number of nitrogens with one attached hydrogen (secondary N) is 3. The summed E-state index contributed by atoms with van der Waals surface area (Å²) < 4.78 is 10.3. The van der Waals surface area contributed by atoms with E-state index in [0.29, 0.717) is 23.5 Å². The molecule has 8 heteroatoms. The molecule has 0 aliphatic carbocycles. The highest BCUT2D eigenvalue weighted by atomic mass is 32.1. The number of carbonyl (C=O) groups is 2. The van der Waals surface area contributed by atoms with Crippen molar-refractivity contribution in [2.75, 3.05) is 17.7 Å². The zero-order valence-electron chi connectivity index (χ0n) is 13.9. The third kappa shape index (κ3) is 5.32. The van der Waals surface area contributed by atoms with Crippen molar-refractivity contribution < 1.29 is 18.7 Å². The number of ether oxygens (including phenoxy) is 1. The molecule has 3 N–H and O–H groups in total. The van der Waals surface area contributed by atoms with Gasteiger partial charge in [-0.2, -0.15) is 0 Å². The predicted molar refractivity (Wildman–Crippen MR) is 98.9 cm³/mol. The monoisotopic (exact) mass is 361 g/mol. The van der Waals surface area contributed by atoms with E-state index in [1.54, 1.807) is 30.3 Å². The lowest BCUT2D eigenvalue weighted by atomic mass is 10.2. The SMILES string of the molecule is CCCC(=O)NC(=S)Nc1cc(NC(=O)c2ccco2)ccc1OC. The van der Waals surface area contributed by atoms with Gasteiger partial charge in [-0.15, -0.1) is 0 Å². The third-order valence-electron chi connectivity index (χ3n) is 3.18. The van der Waals surface area contributed by atoms with Gasteiger partial charge in [-0.1, -0.05) is 6.92 Å². The molecule has 0 bridgehead atoms. The topological polar surface area (TPSA) is 92.6 Å². The number of hydrogen-bond acceptors (Lipinski definition) is 5. The van der Waals surface area contributed by atoms with E-state index in [1.807, 2.05) is 6.92 Å². The quantitative estimate of drug-likeness (QED) is 0.685. The van der Waals surface area contributed by atoms with E-state index < -0.39 is 0 Å². The summed E-state index contributed by atoms with van der Waals surface area (Å²) in [7, 11) is 1.51. The molecule has 1 heterocycles. The van der Waals surface area contributed by atoms with Crippen LogP contribution in [0.5, 0.6) is 5.75 Å². The molecule has 2 aromatic rings. The van der Waals surface area contributed by atoms with Crippen molar-refractivity contribution in [3.05, 3.63) is 42.4 Å². The molecule has 0 saturated carbocycles. The van der Waals surface area contributed by atoms with E-state index in [9.17, 15) is 9.59 Å². The fourth-order valence-electron chi connectivity index (χ4n) is 2.05. The lowest BCUT2D eigenvalue weighted by Gasteiger charge is -2.14. The maximum atomic E-state index is 12.0. The Morgan fingerprint density at radius 1 is 1.24 bits per heavy atom. The van der Waals surface area contributed by atoms with E-state index in [1.165, 1.54) is 13.4 Å². The molecule has 0 fully saturated rings. The van der Waals surface area contributed by atoms with Gasteiger partial charge < -0.3 is 25.1 Å². The highest BCUT2D eigenvalue weighted by Gasteiger charge is 2.12. The number of thiocarbonyl (C=S) groups is 1. The summed E-state index contributed by atoms with van der Waals surface area (Å²) in [5, 5.41) is 8.36. The summed E-state index contributed by atoms with van der Waals surface area (Å²) >= 11 is 5.13. The molecular weight excluding hydrogens is 342 g/mol. The Bertz CT molecular complexity index is 759. The van der Waals surface area contributed by atoms with Crippen molar-refractivity contribution in [1.82, 2.24) is 5.32 Å². The Labute approximate surface area is 150 Å². The van der Waals surface area contributed by atoms with Crippen LogP contribution in [0.4, 0.5) is 11.4 Å². The summed E-state index contributed by atoms with van der Waals surface area (Å²) in [5.74, 6) is 0.178. The number of carbonyl (C=O) groups excluding carboxylic acids is 2. The predicted octanol–water partition coefficient (Wildman–Crippen LogP) is 3.15. The maximum absolute atomic E-state index is 12.0. The van der Waals surface area contributed by atoms with Crippen LogP contribution in [0.2, 0.25) is 0 Å². The van der Waals surface area contributed by atoms with Gasteiger partial charge in [-0.25, -0.2) is 0 Å². The van der Waals surface area contributed by atoms with E-state index in [2.05, 4.69) is 16.0 Å². The lowest BCUT2D eigenvalue weighted by molar-refractivity contribution is -0.119. The van der Waals surface area contributed by atoms with Gasteiger partial charge in [-0.05, 0) is 49.0 Å². The fraction of sp³-hybridized carbons (Fsp3) is 0.235. The minimum absolute atomic E-state index is 0.159. The van der Waals surface area contributed by atoms with Crippen molar-refractivity contribution in [2.24, 2.45) is 0 Å². The Kier molecular flexibility index (Phi) is 6.53. The van der Waals surface area contributed by atoms with Crippen LogP contribution in [-0.2, 0) is 4.79 Å². The van der Waals surface area contributed by atoms with Crippen molar-refractivity contribution in [3.63, 3.8) is 0 Å². The Morgan fingerprint density at radius 3 is 2.68 bits per heavy atom. The van der Waals surface area contributed by atoms with Crippen molar-refractivity contribution in [1.29, 1.82) is 0 Å². The molecule has 2 rings (SSSR count). The van der Waals surface area contributed by atoms with E-state index in [0.717, 1.165) is 6.42 Å². The van der Waals surface area contributed by atoms with E-state index in [-0.39, 0.29) is 22.7 Å². The molecule has 2 amide bonds. The molecule has 1 aromatic heterocycles. The van der Waals surface area contributed by atoms with Crippen LogP contribution in [0.15, 0.2) is 41.0 Å². The lowest BCUT2D eigenvalue weighted by Crippen LogP contribution is -2.33. The molecule has 1 aromatic carbocycles. The van der Waals surface area contributed by atoms with Crippen LogP contribution in [0.1, 0.15) is 30.3 Å². The van der Waals surface area contributed by atoms with Crippen LogP contribution in [0.3, 0.4) is 0 Å². The van der Waals surface area contributed by atoms with E-state index >= 15 is 0 Å². The number of hydrogen-bond donors (Lipinski definition) is 3. The van der Waals surface area contributed by atoms with Gasteiger partial charge in [0, 0.05) is 12.1 Å². The molecule has 0 spiro atoms. The van der Waals surface area contributed by atoms with Gasteiger partial charge in [-0.3, -0.25) is 9.59 Å². The number of rotatable bonds is 6. The van der Waals surface area contributed by atoms with Gasteiger partial charge in [0.15, 0.2) is 10.9 Å². The number of anilines is 2. The molecule has 0 atom stereocenters. The van der Waals surface area contributed by atoms with Crippen LogP contribution < -0.4 is 20.7 Å². The summed E-state index contributed by atoms with van der Waals surface area (Å²) in [6, 6.07) is 8.21. The fourth-order valence-corrected chi connectivity index (χ4v) is 2.28. The molecule has 25 heavy (non-hydrogen) atoms. The molecule has 0 saturated heterocycles. The normalized spacial score (nSPS) is 10.0. The molecule has 0 unspecified atom stereocenters. The van der Waals surface area contributed by atoms with Crippen molar-refractivity contribution in [3.8, 4) is 5.75 Å². The van der Waals surface area contributed by atoms with E-state index in [4.69, 9.17) is 21.4 Å². The number of methoxy groups -OCH3 is 1. The Balaban J connectivity index is 2.09. The second-order valence-corrected chi connectivity index (χ2v) is 5.51. The van der Waals surface area contributed by atoms with Gasteiger partial charge in [0.2, 0.25) is 5.91 Å². The largest absolute Gasteiger partial charge is 0.495 e. The first-order valence-electron chi connectivity index (χ1n) is 7.67. The molecule has 0 aliphatic heterocycles. The first-order chi connectivity index (χ1) is 12.0. The van der Waals surface area contributed by atoms with Crippen LogP contribution >= 0.6 is 12.2 Å². The van der Waals surface area contributed by atoms with Crippen LogP contribution in [0.25, 0.3) is 0 Å². The van der Waals surface area contributed by atoms with Crippen molar-refractivity contribution in [2.45, 2.75) is 19.8 Å². The second kappa shape index (κ2) is 8.84. The number of furan rings is 1. The maximum Gasteiger partial charge on any atom is 0.291 e. The molecule has 7 nitrogen and oxygen atoms in total. The average molecular weight is 361 g/mol. The van der Waals surface area contributed by atoms with Crippen LogP contribution in [0, 0.1) is 0 Å². The number of benzene rings is 1. The zero-order valence-corrected chi connectivity index (χ0v) is 14.7.